The Bertz CT molecular complexity index is 436. The lowest BCUT2D eigenvalue weighted by molar-refractivity contribution is -0.0526. The zero-order chi connectivity index (χ0) is 13.1. The number of hydrogen-bond acceptors (Lipinski definition) is 4. The molecule has 0 bridgehead atoms. The molecule has 0 aliphatic carbocycles. The SMILES string of the molecule is CC1CN(Cc2ccnc(C(=O)O)c2)C(C)CO1. The lowest BCUT2D eigenvalue weighted by Gasteiger charge is -2.36. The molecule has 1 aliphatic heterocycles. The summed E-state index contributed by atoms with van der Waals surface area (Å²) < 4.78 is 5.57. The third-order valence-electron chi connectivity index (χ3n) is 3.17. The van der Waals surface area contributed by atoms with Gasteiger partial charge in [0.25, 0.3) is 0 Å². The second kappa shape index (κ2) is 5.46. The average Bonchev–Trinajstić information content (AvgIpc) is 2.34. The highest BCUT2D eigenvalue weighted by Gasteiger charge is 2.23. The van der Waals surface area contributed by atoms with Crippen LogP contribution in [0.15, 0.2) is 18.3 Å². The Morgan fingerprint density at radius 1 is 1.61 bits per heavy atom. The quantitative estimate of drug-likeness (QED) is 0.878. The molecular formula is C13H18N2O3. The number of ether oxygens (including phenoxy) is 1. The van der Waals surface area contributed by atoms with Crippen LogP contribution >= 0.6 is 0 Å². The van der Waals surface area contributed by atoms with Crippen molar-refractivity contribution in [3.8, 4) is 0 Å². The molecule has 1 aromatic rings. The Labute approximate surface area is 106 Å². The molecule has 0 radical (unpaired) electrons. The Kier molecular flexibility index (Phi) is 3.93. The van der Waals surface area contributed by atoms with Gasteiger partial charge in [0.15, 0.2) is 0 Å². The fraction of sp³-hybridized carbons (Fsp3) is 0.538. The van der Waals surface area contributed by atoms with E-state index in [1.165, 1.54) is 0 Å². The Hall–Kier alpha value is -1.46. The van der Waals surface area contributed by atoms with Crippen LogP contribution in [0.3, 0.4) is 0 Å². The number of hydrogen-bond donors (Lipinski definition) is 1. The number of rotatable bonds is 3. The molecule has 5 nitrogen and oxygen atoms in total. The largest absolute Gasteiger partial charge is 0.477 e. The van der Waals surface area contributed by atoms with Gasteiger partial charge in [-0.25, -0.2) is 9.78 Å². The molecule has 2 unspecified atom stereocenters. The first-order valence-electron chi connectivity index (χ1n) is 6.10. The zero-order valence-corrected chi connectivity index (χ0v) is 10.7. The van der Waals surface area contributed by atoms with Gasteiger partial charge in [0, 0.05) is 25.3 Å². The molecule has 0 amide bonds. The van der Waals surface area contributed by atoms with Crippen LogP contribution in [-0.2, 0) is 11.3 Å². The van der Waals surface area contributed by atoms with Crippen LogP contribution in [0.2, 0.25) is 0 Å². The molecule has 1 saturated heterocycles. The van der Waals surface area contributed by atoms with Crippen LogP contribution in [0, 0.1) is 0 Å². The predicted molar refractivity (Wildman–Crippen MR) is 66.5 cm³/mol. The van der Waals surface area contributed by atoms with Gasteiger partial charge >= 0.3 is 5.97 Å². The first kappa shape index (κ1) is 13.0. The lowest BCUT2D eigenvalue weighted by atomic mass is 10.1. The standard InChI is InChI=1S/C13H18N2O3/c1-9-8-18-10(2)6-15(9)7-11-3-4-14-12(5-11)13(16)17/h3-5,9-10H,6-8H2,1-2H3,(H,16,17). The Morgan fingerprint density at radius 2 is 2.39 bits per heavy atom. The number of morpholine rings is 1. The first-order valence-corrected chi connectivity index (χ1v) is 6.10. The van der Waals surface area contributed by atoms with Gasteiger partial charge < -0.3 is 9.84 Å². The molecule has 1 aliphatic rings. The summed E-state index contributed by atoms with van der Waals surface area (Å²) >= 11 is 0. The minimum Gasteiger partial charge on any atom is -0.477 e. The topological polar surface area (TPSA) is 62.7 Å². The number of carbonyl (C=O) groups is 1. The summed E-state index contributed by atoms with van der Waals surface area (Å²) in [6.07, 6.45) is 1.77. The van der Waals surface area contributed by atoms with Crippen LogP contribution in [-0.4, -0.2) is 46.3 Å². The van der Waals surface area contributed by atoms with E-state index in [1.54, 1.807) is 12.3 Å². The van der Waals surface area contributed by atoms with Gasteiger partial charge in [-0.2, -0.15) is 0 Å². The van der Waals surface area contributed by atoms with Crippen molar-refractivity contribution in [3.63, 3.8) is 0 Å². The summed E-state index contributed by atoms with van der Waals surface area (Å²) in [5, 5.41) is 8.91. The summed E-state index contributed by atoms with van der Waals surface area (Å²) in [5.74, 6) is -0.986. The highest BCUT2D eigenvalue weighted by Crippen LogP contribution is 2.15. The summed E-state index contributed by atoms with van der Waals surface area (Å²) in [7, 11) is 0. The first-order chi connectivity index (χ1) is 8.56. The van der Waals surface area contributed by atoms with Crippen LogP contribution in [0.25, 0.3) is 0 Å². The second-order valence-corrected chi connectivity index (χ2v) is 4.78. The normalized spacial score (nSPS) is 25.0. The third kappa shape index (κ3) is 3.05. The van der Waals surface area contributed by atoms with E-state index in [9.17, 15) is 4.79 Å². The minimum atomic E-state index is -0.986. The Morgan fingerprint density at radius 3 is 3.11 bits per heavy atom. The van der Waals surface area contributed by atoms with Crippen molar-refractivity contribution < 1.29 is 14.6 Å². The number of pyridine rings is 1. The van der Waals surface area contributed by atoms with Crippen molar-refractivity contribution in [2.24, 2.45) is 0 Å². The van der Waals surface area contributed by atoms with Gasteiger partial charge in [0.05, 0.1) is 12.7 Å². The monoisotopic (exact) mass is 250 g/mol. The van der Waals surface area contributed by atoms with E-state index in [0.29, 0.717) is 6.04 Å². The van der Waals surface area contributed by atoms with Crippen LogP contribution < -0.4 is 0 Å². The molecule has 98 valence electrons. The van der Waals surface area contributed by atoms with Crippen molar-refractivity contribution in [2.75, 3.05) is 13.2 Å². The minimum absolute atomic E-state index is 0.0986. The van der Waals surface area contributed by atoms with Crippen LogP contribution in [0.1, 0.15) is 29.9 Å². The molecule has 5 heteroatoms. The molecule has 2 rings (SSSR count). The van der Waals surface area contributed by atoms with Crippen molar-refractivity contribution in [2.45, 2.75) is 32.5 Å². The van der Waals surface area contributed by atoms with Gasteiger partial charge in [0.1, 0.15) is 5.69 Å². The fourth-order valence-corrected chi connectivity index (χ4v) is 2.12. The molecule has 1 fully saturated rings. The number of nitrogens with zero attached hydrogens (tertiary/aromatic N) is 2. The molecule has 0 spiro atoms. The highest BCUT2D eigenvalue weighted by atomic mass is 16.5. The summed E-state index contributed by atoms with van der Waals surface area (Å²) in [6, 6.07) is 3.84. The maximum atomic E-state index is 10.9. The van der Waals surface area contributed by atoms with E-state index in [4.69, 9.17) is 9.84 Å². The van der Waals surface area contributed by atoms with E-state index in [0.717, 1.165) is 25.3 Å². The van der Waals surface area contributed by atoms with Gasteiger partial charge in [-0.1, -0.05) is 0 Å². The predicted octanol–water partition coefficient (Wildman–Crippen LogP) is 1.39. The summed E-state index contributed by atoms with van der Waals surface area (Å²) in [6.45, 7) is 6.49. The molecule has 0 saturated carbocycles. The average molecular weight is 250 g/mol. The van der Waals surface area contributed by atoms with Gasteiger partial charge in [0.2, 0.25) is 0 Å². The number of aromatic carboxylic acids is 1. The third-order valence-corrected chi connectivity index (χ3v) is 3.17. The van der Waals surface area contributed by atoms with E-state index in [2.05, 4.69) is 16.8 Å². The zero-order valence-electron chi connectivity index (χ0n) is 10.7. The van der Waals surface area contributed by atoms with E-state index in [1.807, 2.05) is 13.0 Å². The fourth-order valence-electron chi connectivity index (χ4n) is 2.12. The summed E-state index contributed by atoms with van der Waals surface area (Å²) in [4.78, 5) is 17.0. The van der Waals surface area contributed by atoms with E-state index < -0.39 is 5.97 Å². The van der Waals surface area contributed by atoms with Gasteiger partial charge in [-0.15, -0.1) is 0 Å². The smallest absolute Gasteiger partial charge is 0.354 e. The van der Waals surface area contributed by atoms with Gasteiger partial charge in [-0.05, 0) is 31.5 Å². The lowest BCUT2D eigenvalue weighted by Crippen LogP contribution is -2.46. The molecule has 2 heterocycles. The maximum absolute atomic E-state index is 10.9. The van der Waals surface area contributed by atoms with E-state index >= 15 is 0 Å². The molecule has 2 atom stereocenters. The maximum Gasteiger partial charge on any atom is 0.354 e. The van der Waals surface area contributed by atoms with Crippen molar-refractivity contribution in [1.29, 1.82) is 0 Å². The summed E-state index contributed by atoms with van der Waals surface area (Å²) in [5.41, 5.74) is 1.07. The highest BCUT2D eigenvalue weighted by molar-refractivity contribution is 5.85. The molecular weight excluding hydrogens is 232 g/mol. The Balaban J connectivity index is 2.08. The number of carboxylic acids is 1. The van der Waals surface area contributed by atoms with Crippen molar-refractivity contribution >= 4 is 5.97 Å². The molecule has 18 heavy (non-hydrogen) atoms. The van der Waals surface area contributed by atoms with Crippen molar-refractivity contribution in [1.82, 2.24) is 9.88 Å². The number of aromatic nitrogens is 1. The van der Waals surface area contributed by atoms with Crippen LogP contribution in [0.4, 0.5) is 0 Å². The molecule has 0 aromatic carbocycles. The number of carboxylic acid groups (broad SMARTS) is 1. The molecule has 1 N–H and O–H groups in total. The van der Waals surface area contributed by atoms with Gasteiger partial charge in [-0.3, -0.25) is 4.90 Å². The second-order valence-electron chi connectivity index (χ2n) is 4.78. The molecule has 1 aromatic heterocycles. The van der Waals surface area contributed by atoms with Crippen LogP contribution in [0.5, 0.6) is 0 Å². The van der Waals surface area contributed by atoms with E-state index in [-0.39, 0.29) is 11.8 Å². The van der Waals surface area contributed by atoms with Crippen molar-refractivity contribution in [3.05, 3.63) is 29.6 Å².